The van der Waals surface area contributed by atoms with Crippen molar-refractivity contribution in [3.63, 3.8) is 0 Å². The standard InChI is InChI=1S/C13H13Cl2NO2/c1-3-18-12(17)13(2,8-16)7-9-6-10(14)4-5-11(9)15/h4-6H,3,7H2,1-2H3. The van der Waals surface area contributed by atoms with Crippen molar-refractivity contribution < 1.29 is 9.53 Å². The van der Waals surface area contributed by atoms with E-state index in [0.717, 1.165) is 0 Å². The van der Waals surface area contributed by atoms with Crippen LogP contribution >= 0.6 is 23.2 Å². The second-order valence-electron chi connectivity index (χ2n) is 4.08. The average Bonchev–Trinajstić information content (AvgIpc) is 2.34. The Morgan fingerprint density at radius 2 is 2.17 bits per heavy atom. The Kier molecular flexibility index (Phi) is 5.01. The third-order valence-corrected chi connectivity index (χ3v) is 3.13. The van der Waals surface area contributed by atoms with Gasteiger partial charge in [-0.15, -0.1) is 0 Å². The van der Waals surface area contributed by atoms with Gasteiger partial charge in [0.1, 0.15) is 0 Å². The van der Waals surface area contributed by atoms with Crippen LogP contribution in [0.2, 0.25) is 10.0 Å². The molecule has 1 aromatic rings. The molecule has 5 heteroatoms. The van der Waals surface area contributed by atoms with E-state index in [1.165, 1.54) is 6.92 Å². The topological polar surface area (TPSA) is 50.1 Å². The van der Waals surface area contributed by atoms with Gasteiger partial charge in [0.25, 0.3) is 0 Å². The molecule has 0 N–H and O–H groups in total. The second kappa shape index (κ2) is 6.08. The van der Waals surface area contributed by atoms with Gasteiger partial charge in [-0.1, -0.05) is 23.2 Å². The fraction of sp³-hybridized carbons (Fsp3) is 0.385. The average molecular weight is 286 g/mol. The molecule has 0 aliphatic carbocycles. The summed E-state index contributed by atoms with van der Waals surface area (Å²) in [4.78, 5) is 11.8. The zero-order chi connectivity index (χ0) is 13.8. The number of carbonyl (C=O) groups excluding carboxylic acids is 1. The van der Waals surface area contributed by atoms with Crippen LogP contribution < -0.4 is 0 Å². The third kappa shape index (κ3) is 3.38. The number of nitriles is 1. The van der Waals surface area contributed by atoms with Gasteiger partial charge in [-0.05, 0) is 37.6 Å². The molecule has 0 heterocycles. The van der Waals surface area contributed by atoms with Crippen LogP contribution in [0.3, 0.4) is 0 Å². The molecule has 0 aliphatic rings. The lowest BCUT2D eigenvalue weighted by molar-refractivity contribution is -0.151. The van der Waals surface area contributed by atoms with Crippen molar-refractivity contribution in [3.8, 4) is 6.07 Å². The minimum Gasteiger partial charge on any atom is -0.465 e. The first-order valence-electron chi connectivity index (χ1n) is 5.45. The minimum absolute atomic E-state index is 0.168. The zero-order valence-corrected chi connectivity index (χ0v) is 11.7. The van der Waals surface area contributed by atoms with Gasteiger partial charge >= 0.3 is 5.97 Å². The molecule has 0 amide bonds. The highest BCUT2D eigenvalue weighted by Gasteiger charge is 2.35. The van der Waals surface area contributed by atoms with Crippen LogP contribution in [0.1, 0.15) is 19.4 Å². The molecule has 0 saturated carbocycles. The third-order valence-electron chi connectivity index (χ3n) is 2.52. The van der Waals surface area contributed by atoms with Crippen molar-refractivity contribution >= 4 is 29.2 Å². The van der Waals surface area contributed by atoms with Gasteiger partial charge in [0, 0.05) is 16.5 Å². The summed E-state index contributed by atoms with van der Waals surface area (Å²) in [7, 11) is 0. The Labute approximate surface area is 116 Å². The van der Waals surface area contributed by atoms with Crippen molar-refractivity contribution in [1.82, 2.24) is 0 Å². The summed E-state index contributed by atoms with van der Waals surface area (Å²) >= 11 is 11.9. The molecule has 0 spiro atoms. The van der Waals surface area contributed by atoms with Crippen molar-refractivity contribution in [3.05, 3.63) is 33.8 Å². The smallest absolute Gasteiger partial charge is 0.326 e. The van der Waals surface area contributed by atoms with E-state index in [-0.39, 0.29) is 13.0 Å². The number of hydrogen-bond acceptors (Lipinski definition) is 3. The van der Waals surface area contributed by atoms with Crippen LogP contribution in [-0.2, 0) is 16.0 Å². The van der Waals surface area contributed by atoms with E-state index in [9.17, 15) is 10.1 Å². The van der Waals surface area contributed by atoms with E-state index in [4.69, 9.17) is 27.9 Å². The van der Waals surface area contributed by atoms with E-state index in [1.54, 1.807) is 25.1 Å². The van der Waals surface area contributed by atoms with Crippen LogP contribution in [-0.4, -0.2) is 12.6 Å². The number of carbonyl (C=O) groups is 1. The van der Waals surface area contributed by atoms with Gasteiger partial charge in [-0.25, -0.2) is 0 Å². The Hall–Kier alpha value is -1.24. The molecule has 0 aliphatic heterocycles. The van der Waals surface area contributed by atoms with Gasteiger partial charge in [0.2, 0.25) is 0 Å². The van der Waals surface area contributed by atoms with E-state index in [1.807, 2.05) is 6.07 Å². The fourth-order valence-electron chi connectivity index (χ4n) is 1.51. The molecule has 96 valence electrons. The maximum atomic E-state index is 11.8. The number of halogens is 2. The molecule has 0 bridgehead atoms. The minimum atomic E-state index is -1.26. The maximum absolute atomic E-state index is 11.8. The van der Waals surface area contributed by atoms with Gasteiger partial charge in [-0.3, -0.25) is 4.79 Å². The number of rotatable bonds is 4. The Balaban J connectivity index is 3.02. The number of nitrogens with zero attached hydrogens (tertiary/aromatic N) is 1. The molecule has 0 aromatic heterocycles. The lowest BCUT2D eigenvalue weighted by atomic mass is 9.85. The quantitative estimate of drug-likeness (QED) is 0.794. The van der Waals surface area contributed by atoms with Crippen molar-refractivity contribution in [2.24, 2.45) is 5.41 Å². The molecule has 1 unspecified atom stereocenters. The molecule has 1 aromatic carbocycles. The molecule has 0 fully saturated rings. The Bertz CT molecular complexity index is 496. The SMILES string of the molecule is CCOC(=O)C(C)(C#N)Cc1cc(Cl)ccc1Cl. The van der Waals surface area contributed by atoms with Crippen LogP contribution in [0.5, 0.6) is 0 Å². The van der Waals surface area contributed by atoms with E-state index < -0.39 is 11.4 Å². The molecule has 18 heavy (non-hydrogen) atoms. The van der Waals surface area contributed by atoms with Gasteiger partial charge in [0.05, 0.1) is 12.7 Å². The summed E-state index contributed by atoms with van der Waals surface area (Å²) in [6, 6.07) is 6.93. The number of ether oxygens (including phenoxy) is 1. The molecular weight excluding hydrogens is 273 g/mol. The highest BCUT2D eigenvalue weighted by molar-refractivity contribution is 6.33. The first kappa shape index (κ1) is 14.8. The van der Waals surface area contributed by atoms with Crippen molar-refractivity contribution in [1.29, 1.82) is 5.26 Å². The monoisotopic (exact) mass is 285 g/mol. The lowest BCUT2D eigenvalue weighted by Crippen LogP contribution is -2.30. The molecule has 0 radical (unpaired) electrons. The molecule has 0 saturated heterocycles. The summed E-state index contributed by atoms with van der Waals surface area (Å²) in [5, 5.41) is 10.2. The summed E-state index contributed by atoms with van der Waals surface area (Å²) in [5.74, 6) is -0.552. The zero-order valence-electron chi connectivity index (χ0n) is 10.2. The first-order chi connectivity index (χ1) is 8.42. The normalized spacial score (nSPS) is 13.5. The van der Waals surface area contributed by atoms with E-state index in [2.05, 4.69) is 0 Å². The Morgan fingerprint density at radius 1 is 1.50 bits per heavy atom. The lowest BCUT2D eigenvalue weighted by Gasteiger charge is -2.20. The summed E-state index contributed by atoms with van der Waals surface area (Å²) in [5.41, 5.74) is -0.606. The van der Waals surface area contributed by atoms with E-state index >= 15 is 0 Å². The fourth-order valence-corrected chi connectivity index (χ4v) is 1.89. The van der Waals surface area contributed by atoms with Crippen LogP contribution in [0.15, 0.2) is 18.2 Å². The number of hydrogen-bond donors (Lipinski definition) is 0. The maximum Gasteiger partial charge on any atom is 0.326 e. The number of esters is 1. The number of benzene rings is 1. The molecule has 3 nitrogen and oxygen atoms in total. The molecular formula is C13H13Cl2NO2. The van der Waals surface area contributed by atoms with Gasteiger partial charge in [-0.2, -0.15) is 5.26 Å². The summed E-state index contributed by atoms with van der Waals surface area (Å²) in [6.45, 7) is 3.46. The first-order valence-corrected chi connectivity index (χ1v) is 6.21. The van der Waals surface area contributed by atoms with Gasteiger partial charge < -0.3 is 4.74 Å². The van der Waals surface area contributed by atoms with Gasteiger partial charge in [0.15, 0.2) is 5.41 Å². The molecule has 1 atom stereocenters. The van der Waals surface area contributed by atoms with E-state index in [0.29, 0.717) is 15.6 Å². The highest BCUT2D eigenvalue weighted by atomic mass is 35.5. The van der Waals surface area contributed by atoms with Crippen LogP contribution in [0.25, 0.3) is 0 Å². The predicted octanol–water partition coefficient (Wildman–Crippen LogP) is 3.63. The van der Waals surface area contributed by atoms with Crippen molar-refractivity contribution in [2.45, 2.75) is 20.3 Å². The summed E-state index contributed by atoms with van der Waals surface area (Å²) in [6.07, 6.45) is 0.168. The summed E-state index contributed by atoms with van der Waals surface area (Å²) < 4.78 is 4.90. The highest BCUT2D eigenvalue weighted by Crippen LogP contribution is 2.29. The van der Waals surface area contributed by atoms with Crippen LogP contribution in [0, 0.1) is 16.7 Å². The largest absolute Gasteiger partial charge is 0.465 e. The Morgan fingerprint density at radius 3 is 2.72 bits per heavy atom. The van der Waals surface area contributed by atoms with Crippen molar-refractivity contribution in [2.75, 3.05) is 6.61 Å². The predicted molar refractivity (Wildman–Crippen MR) is 70.5 cm³/mol. The second-order valence-corrected chi connectivity index (χ2v) is 4.92. The molecule has 1 rings (SSSR count). The van der Waals surface area contributed by atoms with Crippen LogP contribution in [0.4, 0.5) is 0 Å².